The van der Waals surface area contributed by atoms with Gasteiger partial charge >= 0.3 is 0 Å². The summed E-state index contributed by atoms with van der Waals surface area (Å²) in [6, 6.07) is 5.68. The van der Waals surface area contributed by atoms with Crippen LogP contribution in [-0.2, 0) is 11.3 Å². The van der Waals surface area contributed by atoms with E-state index in [1.165, 1.54) is 0 Å². The summed E-state index contributed by atoms with van der Waals surface area (Å²) in [7, 11) is 1.98. The molecule has 1 aromatic rings. The Morgan fingerprint density at radius 3 is 2.89 bits per heavy atom. The molecule has 6 heteroatoms. The van der Waals surface area contributed by atoms with E-state index in [1.807, 2.05) is 25.2 Å². The molecule has 1 saturated heterocycles. The van der Waals surface area contributed by atoms with Crippen molar-refractivity contribution in [2.24, 2.45) is 5.84 Å². The van der Waals surface area contributed by atoms with Crippen LogP contribution in [0.2, 0.25) is 0 Å². The molecule has 2 heterocycles. The van der Waals surface area contributed by atoms with Gasteiger partial charge in [0.05, 0.1) is 11.3 Å². The summed E-state index contributed by atoms with van der Waals surface area (Å²) in [6.07, 6.45) is 1.38. The quantitative estimate of drug-likeness (QED) is 0.526. The Morgan fingerprint density at radius 1 is 1.47 bits per heavy atom. The first-order valence-corrected chi connectivity index (χ1v) is 6.52. The van der Waals surface area contributed by atoms with Gasteiger partial charge in [0.25, 0.3) is 0 Å². The summed E-state index contributed by atoms with van der Waals surface area (Å²) in [5.74, 6) is 5.99. The minimum Gasteiger partial charge on any atom is -0.388 e. The molecule has 2 rings (SSSR count). The van der Waals surface area contributed by atoms with Crippen molar-refractivity contribution in [3.8, 4) is 0 Å². The fraction of sp³-hybridized carbons (Fsp3) is 0.615. The highest BCUT2D eigenvalue weighted by atomic mass is 16.5. The molecule has 19 heavy (non-hydrogen) atoms. The van der Waals surface area contributed by atoms with E-state index in [9.17, 15) is 5.11 Å². The van der Waals surface area contributed by atoms with E-state index in [1.54, 1.807) is 0 Å². The number of hydrogen-bond acceptors (Lipinski definition) is 6. The van der Waals surface area contributed by atoms with Crippen LogP contribution in [0.1, 0.15) is 18.5 Å². The highest BCUT2D eigenvalue weighted by Crippen LogP contribution is 2.21. The first-order chi connectivity index (χ1) is 9.11. The summed E-state index contributed by atoms with van der Waals surface area (Å²) in [5.41, 5.74) is 2.82. The average Bonchev–Trinajstić information content (AvgIpc) is 2.39. The Hall–Kier alpha value is -1.21. The third kappa shape index (κ3) is 4.14. The molecule has 0 aliphatic carbocycles. The molecule has 4 N–H and O–H groups in total. The molecule has 0 saturated carbocycles. The zero-order chi connectivity index (χ0) is 13.7. The second-order valence-electron chi connectivity index (χ2n) is 5.17. The molecule has 106 valence electrons. The predicted octanol–water partition coefficient (Wildman–Crippen LogP) is 0.341. The number of hydrogen-bond donors (Lipinski definition) is 3. The second-order valence-corrected chi connectivity index (χ2v) is 5.17. The minimum absolute atomic E-state index is 0.623. The number of nitrogens with one attached hydrogen (secondary N) is 1. The number of nitrogens with zero attached hydrogens (tertiary/aromatic N) is 2. The van der Waals surface area contributed by atoms with Crippen molar-refractivity contribution < 1.29 is 9.84 Å². The smallest absolute Gasteiger partial charge is 0.140 e. The Labute approximate surface area is 113 Å². The summed E-state index contributed by atoms with van der Waals surface area (Å²) < 4.78 is 5.28. The average molecular weight is 266 g/mol. The van der Waals surface area contributed by atoms with Gasteiger partial charge in [0, 0.05) is 39.1 Å². The van der Waals surface area contributed by atoms with Crippen molar-refractivity contribution in [1.82, 2.24) is 9.88 Å². The number of rotatable bonds is 5. The highest BCUT2D eigenvalue weighted by molar-refractivity contribution is 5.33. The van der Waals surface area contributed by atoms with Crippen LogP contribution in [0.15, 0.2) is 18.2 Å². The summed E-state index contributed by atoms with van der Waals surface area (Å²) in [5, 5.41) is 10.4. The molecular formula is C13H22N4O2. The largest absolute Gasteiger partial charge is 0.388 e. The third-order valence-electron chi connectivity index (χ3n) is 3.37. The van der Waals surface area contributed by atoms with Crippen molar-refractivity contribution in [3.05, 3.63) is 23.9 Å². The SMILES string of the molecule is CN(Cc1cccc(NN)n1)CC1(O)CCOCC1. The van der Waals surface area contributed by atoms with E-state index < -0.39 is 5.60 Å². The van der Waals surface area contributed by atoms with Crippen molar-refractivity contribution in [2.45, 2.75) is 25.0 Å². The van der Waals surface area contributed by atoms with Gasteiger partial charge in [0.2, 0.25) is 0 Å². The maximum absolute atomic E-state index is 10.4. The predicted molar refractivity (Wildman–Crippen MR) is 73.4 cm³/mol. The molecule has 0 aromatic carbocycles. The van der Waals surface area contributed by atoms with Crippen molar-refractivity contribution in [1.29, 1.82) is 0 Å². The fourth-order valence-electron chi connectivity index (χ4n) is 2.39. The van der Waals surface area contributed by atoms with Crippen LogP contribution in [0.25, 0.3) is 0 Å². The first kappa shape index (κ1) is 14.2. The lowest BCUT2D eigenvalue weighted by atomic mass is 9.94. The molecule has 0 radical (unpaired) electrons. The monoisotopic (exact) mass is 266 g/mol. The number of ether oxygens (including phenoxy) is 1. The molecule has 0 spiro atoms. The van der Waals surface area contributed by atoms with Gasteiger partial charge < -0.3 is 15.3 Å². The van der Waals surface area contributed by atoms with Gasteiger partial charge in [-0.05, 0) is 19.2 Å². The van der Waals surface area contributed by atoms with E-state index >= 15 is 0 Å². The number of aromatic nitrogens is 1. The standard InChI is InChI=1S/C13H22N4O2/c1-17(10-13(18)5-7-19-8-6-13)9-11-3-2-4-12(15-11)16-14/h2-4,18H,5-10,14H2,1H3,(H,15,16). The Balaban J connectivity index is 1.91. The van der Waals surface area contributed by atoms with Gasteiger partial charge in [-0.3, -0.25) is 4.90 Å². The van der Waals surface area contributed by atoms with Gasteiger partial charge in [0.15, 0.2) is 0 Å². The third-order valence-corrected chi connectivity index (χ3v) is 3.37. The molecular weight excluding hydrogens is 244 g/mol. The van der Waals surface area contributed by atoms with Gasteiger partial charge in [-0.15, -0.1) is 0 Å². The zero-order valence-electron chi connectivity index (χ0n) is 11.3. The van der Waals surface area contributed by atoms with Crippen LogP contribution in [0.3, 0.4) is 0 Å². The molecule has 6 nitrogen and oxygen atoms in total. The van der Waals surface area contributed by atoms with E-state index in [-0.39, 0.29) is 0 Å². The summed E-state index contributed by atoms with van der Waals surface area (Å²) in [6.45, 7) is 2.57. The lowest BCUT2D eigenvalue weighted by Gasteiger charge is -2.35. The summed E-state index contributed by atoms with van der Waals surface area (Å²) >= 11 is 0. The molecule has 0 atom stereocenters. The molecule has 0 unspecified atom stereocenters. The molecule has 1 aromatic heterocycles. The van der Waals surface area contributed by atoms with Gasteiger partial charge in [-0.25, -0.2) is 10.8 Å². The molecule has 0 bridgehead atoms. The number of nitrogens with two attached hydrogens (primary N) is 1. The molecule has 0 amide bonds. The van der Waals surface area contributed by atoms with Gasteiger partial charge in [0.1, 0.15) is 5.82 Å². The number of anilines is 1. The van der Waals surface area contributed by atoms with Crippen molar-refractivity contribution in [3.63, 3.8) is 0 Å². The molecule has 1 fully saturated rings. The second kappa shape index (κ2) is 6.29. The normalized spacial score (nSPS) is 18.5. The molecule has 1 aliphatic heterocycles. The Bertz CT molecular complexity index is 407. The highest BCUT2D eigenvalue weighted by Gasteiger charge is 2.30. The Kier molecular flexibility index (Phi) is 4.71. The topological polar surface area (TPSA) is 83.6 Å². The molecule has 1 aliphatic rings. The van der Waals surface area contributed by atoms with Gasteiger partial charge in [-0.2, -0.15) is 0 Å². The fourth-order valence-corrected chi connectivity index (χ4v) is 2.39. The van der Waals surface area contributed by atoms with E-state index in [0.29, 0.717) is 45.0 Å². The van der Waals surface area contributed by atoms with Crippen LogP contribution in [-0.4, -0.2) is 47.4 Å². The summed E-state index contributed by atoms with van der Waals surface area (Å²) in [4.78, 5) is 6.44. The minimum atomic E-state index is -0.642. The lowest BCUT2D eigenvalue weighted by Crippen LogP contribution is -2.45. The zero-order valence-corrected chi connectivity index (χ0v) is 11.3. The number of likely N-dealkylation sites (N-methyl/N-ethyl adjacent to an activating group) is 1. The van der Waals surface area contributed by atoms with Crippen molar-refractivity contribution in [2.75, 3.05) is 32.2 Å². The maximum Gasteiger partial charge on any atom is 0.140 e. The number of nitrogen functional groups attached to an aromatic ring is 1. The van der Waals surface area contributed by atoms with E-state index in [4.69, 9.17) is 10.6 Å². The van der Waals surface area contributed by atoms with E-state index in [0.717, 1.165) is 5.69 Å². The van der Waals surface area contributed by atoms with Crippen LogP contribution < -0.4 is 11.3 Å². The first-order valence-electron chi connectivity index (χ1n) is 6.52. The number of aliphatic hydroxyl groups is 1. The number of hydrazine groups is 1. The van der Waals surface area contributed by atoms with Crippen LogP contribution in [0.5, 0.6) is 0 Å². The Morgan fingerprint density at radius 2 is 2.21 bits per heavy atom. The van der Waals surface area contributed by atoms with Crippen LogP contribution in [0.4, 0.5) is 5.82 Å². The maximum atomic E-state index is 10.4. The van der Waals surface area contributed by atoms with Crippen molar-refractivity contribution >= 4 is 5.82 Å². The van der Waals surface area contributed by atoms with Crippen LogP contribution >= 0.6 is 0 Å². The van der Waals surface area contributed by atoms with Gasteiger partial charge in [-0.1, -0.05) is 6.07 Å². The lowest BCUT2D eigenvalue weighted by molar-refractivity contribution is -0.0778. The van der Waals surface area contributed by atoms with Crippen LogP contribution in [0, 0.1) is 0 Å². The van der Waals surface area contributed by atoms with E-state index in [2.05, 4.69) is 15.3 Å². The number of pyridine rings is 1.